The second-order valence-corrected chi connectivity index (χ2v) is 4.48. The van der Waals surface area contributed by atoms with Crippen LogP contribution in [0.4, 0.5) is 0 Å². The number of rotatable bonds is 4. The van der Waals surface area contributed by atoms with Crippen LogP contribution in [0.2, 0.25) is 0 Å². The highest BCUT2D eigenvalue weighted by Crippen LogP contribution is 2.26. The van der Waals surface area contributed by atoms with Crippen LogP contribution in [-0.2, 0) is 4.74 Å². The van der Waals surface area contributed by atoms with E-state index < -0.39 is 0 Å². The molecule has 0 saturated carbocycles. The van der Waals surface area contributed by atoms with Gasteiger partial charge in [-0.15, -0.1) is 0 Å². The van der Waals surface area contributed by atoms with Crippen LogP contribution in [0.3, 0.4) is 0 Å². The molecule has 0 N–H and O–H groups in total. The minimum atomic E-state index is 0.163. The molecule has 0 aromatic carbocycles. The Morgan fingerprint density at radius 2 is 2.24 bits per heavy atom. The van der Waals surface area contributed by atoms with E-state index in [4.69, 9.17) is 14.5 Å². The molecule has 1 aromatic heterocycles. The molecule has 0 radical (unpaired) electrons. The van der Waals surface area contributed by atoms with Gasteiger partial charge in [-0.3, -0.25) is 0 Å². The van der Waals surface area contributed by atoms with Gasteiger partial charge in [0.05, 0.1) is 6.07 Å². The number of ether oxygens (including phenoxy) is 1. The maximum Gasteiger partial charge on any atom is 0.229 e. The van der Waals surface area contributed by atoms with Crippen LogP contribution < -0.4 is 0 Å². The van der Waals surface area contributed by atoms with Crippen LogP contribution >= 0.6 is 0 Å². The molecule has 2 heterocycles. The van der Waals surface area contributed by atoms with E-state index in [2.05, 4.69) is 16.2 Å². The zero-order valence-electron chi connectivity index (χ0n) is 10.1. The van der Waals surface area contributed by atoms with Gasteiger partial charge in [-0.25, -0.2) is 0 Å². The van der Waals surface area contributed by atoms with Crippen molar-refractivity contribution in [2.45, 2.75) is 44.4 Å². The molecule has 0 spiro atoms. The normalized spacial score (nSPS) is 18.8. The maximum absolute atomic E-state index is 8.54. The average molecular weight is 235 g/mol. The van der Waals surface area contributed by atoms with Crippen LogP contribution in [-0.4, -0.2) is 23.4 Å². The Morgan fingerprint density at radius 3 is 2.94 bits per heavy atom. The van der Waals surface area contributed by atoms with Crippen molar-refractivity contribution in [3.63, 3.8) is 0 Å². The SMILES string of the molecule is CC(CCC#N)c1nc(C2CCOCC2)no1. The monoisotopic (exact) mass is 235 g/mol. The molecule has 1 aliphatic rings. The molecule has 1 unspecified atom stereocenters. The standard InChI is InChI=1S/C12H17N3O2/c1-9(3-2-6-13)12-14-11(15-17-12)10-4-7-16-8-5-10/h9-10H,2-5,7-8H2,1H3. The van der Waals surface area contributed by atoms with Gasteiger partial charge in [-0.1, -0.05) is 12.1 Å². The Balaban J connectivity index is 1.97. The summed E-state index contributed by atoms with van der Waals surface area (Å²) in [5, 5.41) is 12.6. The van der Waals surface area contributed by atoms with E-state index in [1.165, 1.54) is 0 Å². The zero-order valence-corrected chi connectivity index (χ0v) is 10.1. The van der Waals surface area contributed by atoms with Gasteiger partial charge in [0.1, 0.15) is 0 Å². The summed E-state index contributed by atoms with van der Waals surface area (Å²) in [6.07, 6.45) is 3.22. The van der Waals surface area contributed by atoms with Crippen molar-refractivity contribution in [3.8, 4) is 6.07 Å². The second-order valence-electron chi connectivity index (χ2n) is 4.48. The third-order valence-corrected chi connectivity index (χ3v) is 3.15. The van der Waals surface area contributed by atoms with Gasteiger partial charge in [0.2, 0.25) is 5.89 Å². The summed E-state index contributed by atoms with van der Waals surface area (Å²) in [5.41, 5.74) is 0. The fraction of sp³-hybridized carbons (Fsp3) is 0.750. The van der Waals surface area contributed by atoms with E-state index in [9.17, 15) is 0 Å². The molecule has 1 aromatic rings. The lowest BCUT2D eigenvalue weighted by Gasteiger charge is -2.18. The highest BCUT2D eigenvalue weighted by molar-refractivity contribution is 4.99. The third-order valence-electron chi connectivity index (χ3n) is 3.15. The summed E-state index contributed by atoms with van der Waals surface area (Å²) in [5.74, 6) is 1.98. The minimum Gasteiger partial charge on any atom is -0.381 e. The number of hydrogen-bond acceptors (Lipinski definition) is 5. The molecule has 0 amide bonds. The predicted molar refractivity (Wildman–Crippen MR) is 60.4 cm³/mol. The van der Waals surface area contributed by atoms with E-state index in [0.717, 1.165) is 38.3 Å². The van der Waals surface area contributed by atoms with Crippen molar-refractivity contribution in [2.75, 3.05) is 13.2 Å². The summed E-state index contributed by atoms with van der Waals surface area (Å²) >= 11 is 0. The van der Waals surface area contributed by atoms with Gasteiger partial charge in [-0.05, 0) is 19.3 Å². The number of nitriles is 1. The molecule has 92 valence electrons. The van der Waals surface area contributed by atoms with E-state index in [0.29, 0.717) is 18.2 Å². The van der Waals surface area contributed by atoms with Gasteiger partial charge >= 0.3 is 0 Å². The fourth-order valence-corrected chi connectivity index (χ4v) is 1.97. The van der Waals surface area contributed by atoms with Crippen molar-refractivity contribution in [2.24, 2.45) is 0 Å². The summed E-state index contributed by atoms with van der Waals surface area (Å²) in [6, 6.07) is 2.13. The molecule has 17 heavy (non-hydrogen) atoms. The second kappa shape index (κ2) is 5.78. The Kier molecular flexibility index (Phi) is 4.10. The number of nitrogens with zero attached hydrogens (tertiary/aromatic N) is 3. The molecule has 5 heteroatoms. The van der Waals surface area contributed by atoms with Gasteiger partial charge in [0.25, 0.3) is 0 Å². The highest BCUT2D eigenvalue weighted by Gasteiger charge is 2.22. The topological polar surface area (TPSA) is 71.9 Å². The Hall–Kier alpha value is -1.41. The van der Waals surface area contributed by atoms with Crippen LogP contribution in [0.25, 0.3) is 0 Å². The van der Waals surface area contributed by atoms with Crippen molar-refractivity contribution >= 4 is 0 Å². The van der Waals surface area contributed by atoms with E-state index in [-0.39, 0.29) is 5.92 Å². The molecule has 1 atom stereocenters. The lowest BCUT2D eigenvalue weighted by Crippen LogP contribution is -2.15. The largest absolute Gasteiger partial charge is 0.381 e. The molecule has 5 nitrogen and oxygen atoms in total. The van der Waals surface area contributed by atoms with Gasteiger partial charge in [-0.2, -0.15) is 10.2 Å². The lowest BCUT2D eigenvalue weighted by atomic mass is 10.00. The number of aromatic nitrogens is 2. The molecule has 2 rings (SSSR count). The minimum absolute atomic E-state index is 0.163. The lowest BCUT2D eigenvalue weighted by molar-refractivity contribution is 0.0830. The first-order chi connectivity index (χ1) is 8.31. The first-order valence-corrected chi connectivity index (χ1v) is 6.09. The van der Waals surface area contributed by atoms with Gasteiger partial charge in [0, 0.05) is 31.5 Å². The molecular formula is C12H17N3O2. The van der Waals surface area contributed by atoms with Crippen molar-refractivity contribution in [3.05, 3.63) is 11.7 Å². The number of hydrogen-bond donors (Lipinski definition) is 0. The molecule has 1 fully saturated rings. The molecule has 1 saturated heterocycles. The fourth-order valence-electron chi connectivity index (χ4n) is 1.97. The quantitative estimate of drug-likeness (QED) is 0.801. The van der Waals surface area contributed by atoms with Crippen molar-refractivity contribution in [1.29, 1.82) is 5.26 Å². The third kappa shape index (κ3) is 3.04. The molecule has 1 aliphatic heterocycles. The first-order valence-electron chi connectivity index (χ1n) is 6.09. The van der Waals surface area contributed by atoms with E-state index in [1.54, 1.807) is 0 Å². The summed E-state index contributed by atoms with van der Waals surface area (Å²) in [6.45, 7) is 3.57. The Bertz CT molecular complexity index is 391. The Morgan fingerprint density at radius 1 is 1.47 bits per heavy atom. The molecular weight excluding hydrogens is 218 g/mol. The zero-order chi connectivity index (χ0) is 12.1. The van der Waals surface area contributed by atoms with Crippen LogP contribution in [0.5, 0.6) is 0 Å². The predicted octanol–water partition coefficient (Wildman–Crippen LogP) is 2.37. The summed E-state index contributed by atoms with van der Waals surface area (Å²) in [4.78, 5) is 4.44. The van der Waals surface area contributed by atoms with Crippen LogP contribution in [0.15, 0.2) is 4.52 Å². The van der Waals surface area contributed by atoms with Crippen LogP contribution in [0.1, 0.15) is 56.2 Å². The van der Waals surface area contributed by atoms with Crippen LogP contribution in [0, 0.1) is 11.3 Å². The maximum atomic E-state index is 8.54. The van der Waals surface area contributed by atoms with Gasteiger partial charge in [0.15, 0.2) is 5.82 Å². The summed E-state index contributed by atoms with van der Waals surface area (Å²) in [7, 11) is 0. The molecule has 0 bridgehead atoms. The van der Waals surface area contributed by atoms with E-state index >= 15 is 0 Å². The van der Waals surface area contributed by atoms with Gasteiger partial charge < -0.3 is 9.26 Å². The Labute approximate surface area is 101 Å². The molecule has 0 aliphatic carbocycles. The smallest absolute Gasteiger partial charge is 0.229 e. The highest BCUT2D eigenvalue weighted by atomic mass is 16.5. The summed E-state index contributed by atoms with van der Waals surface area (Å²) < 4.78 is 10.6. The van der Waals surface area contributed by atoms with Crippen molar-refractivity contribution < 1.29 is 9.26 Å². The first kappa shape index (κ1) is 12.1. The average Bonchev–Trinajstić information content (AvgIpc) is 2.86. The van der Waals surface area contributed by atoms with E-state index in [1.807, 2.05) is 6.92 Å². The van der Waals surface area contributed by atoms with Crippen molar-refractivity contribution in [1.82, 2.24) is 10.1 Å².